The fraction of sp³-hybridized carbons (Fsp3) is 0.333. The smallest absolute Gasteiger partial charge is 0.243 e. The first kappa shape index (κ1) is 16.8. The molecule has 0 aliphatic carbocycles. The number of sulfonamides is 1. The Morgan fingerprint density at radius 1 is 1.35 bits per heavy atom. The van der Waals surface area contributed by atoms with Crippen LogP contribution in [0.2, 0.25) is 0 Å². The summed E-state index contributed by atoms with van der Waals surface area (Å²) >= 11 is 2.94. The van der Waals surface area contributed by atoms with Crippen LogP contribution in [0.1, 0.15) is 0 Å². The van der Waals surface area contributed by atoms with Gasteiger partial charge in [-0.3, -0.25) is 0 Å². The van der Waals surface area contributed by atoms with Crippen molar-refractivity contribution in [1.82, 2.24) is 10.0 Å². The average Bonchev–Trinajstić information content (AvgIpc) is 2.22. The molecule has 1 aromatic carbocycles. The molecule has 0 aliphatic rings. The molecule has 0 saturated heterocycles. The summed E-state index contributed by atoms with van der Waals surface area (Å²) in [5.41, 5.74) is 0. The number of nitrogens with one attached hydrogen (secondary N) is 2. The van der Waals surface area contributed by atoms with Gasteiger partial charge in [0.25, 0.3) is 0 Å². The van der Waals surface area contributed by atoms with Gasteiger partial charge in [0.2, 0.25) is 10.0 Å². The third kappa shape index (κ3) is 4.51. The second-order valence-electron chi connectivity index (χ2n) is 3.05. The molecule has 98 valence electrons. The highest BCUT2D eigenvalue weighted by Crippen LogP contribution is 2.21. The summed E-state index contributed by atoms with van der Waals surface area (Å²) in [6, 6.07) is 4.14. The molecule has 1 rings (SSSR count). The number of benzene rings is 1. The first-order chi connectivity index (χ1) is 7.49. The van der Waals surface area contributed by atoms with Crippen LogP contribution >= 0.6 is 28.3 Å². The van der Waals surface area contributed by atoms with E-state index >= 15 is 0 Å². The van der Waals surface area contributed by atoms with E-state index in [2.05, 4.69) is 26.0 Å². The van der Waals surface area contributed by atoms with Crippen molar-refractivity contribution < 1.29 is 12.8 Å². The molecule has 0 unspecified atom stereocenters. The second kappa shape index (κ2) is 7.27. The number of likely N-dealkylation sites (N-methyl/N-ethyl adjacent to an activating group) is 1. The zero-order chi connectivity index (χ0) is 12.2. The van der Waals surface area contributed by atoms with Crippen molar-refractivity contribution in [2.45, 2.75) is 4.90 Å². The lowest BCUT2D eigenvalue weighted by atomic mass is 10.3. The van der Waals surface area contributed by atoms with Gasteiger partial charge in [-0.15, -0.1) is 12.4 Å². The van der Waals surface area contributed by atoms with Crippen molar-refractivity contribution in [2.75, 3.05) is 20.1 Å². The largest absolute Gasteiger partial charge is 0.318 e. The number of hydrogen-bond donors (Lipinski definition) is 2. The Labute approximate surface area is 115 Å². The van der Waals surface area contributed by atoms with Crippen LogP contribution in [0, 0.1) is 5.82 Å². The molecule has 4 nitrogen and oxygen atoms in total. The topological polar surface area (TPSA) is 58.2 Å². The van der Waals surface area contributed by atoms with Crippen LogP contribution in [0.4, 0.5) is 4.39 Å². The van der Waals surface area contributed by atoms with Crippen molar-refractivity contribution in [3.63, 3.8) is 0 Å². The van der Waals surface area contributed by atoms with Gasteiger partial charge < -0.3 is 5.32 Å². The zero-order valence-electron chi connectivity index (χ0n) is 9.04. The first-order valence-corrected chi connectivity index (χ1v) is 6.85. The Morgan fingerprint density at radius 2 is 2.00 bits per heavy atom. The maximum absolute atomic E-state index is 13.5. The van der Waals surface area contributed by atoms with Gasteiger partial charge in [0.05, 0.1) is 4.47 Å². The highest BCUT2D eigenvalue weighted by Gasteiger charge is 2.19. The van der Waals surface area contributed by atoms with Crippen LogP contribution in [0.5, 0.6) is 0 Å². The predicted molar refractivity (Wildman–Crippen MR) is 70.5 cm³/mol. The van der Waals surface area contributed by atoms with Crippen LogP contribution in [0.15, 0.2) is 27.6 Å². The molecule has 0 heterocycles. The van der Waals surface area contributed by atoms with Gasteiger partial charge in [0.1, 0.15) is 4.90 Å². The minimum Gasteiger partial charge on any atom is -0.318 e. The molecule has 0 aliphatic heterocycles. The van der Waals surface area contributed by atoms with Crippen molar-refractivity contribution in [1.29, 1.82) is 0 Å². The Hall–Kier alpha value is -0.210. The summed E-state index contributed by atoms with van der Waals surface area (Å²) in [6.07, 6.45) is 0. The summed E-state index contributed by atoms with van der Waals surface area (Å²) in [6.45, 7) is 0.694. The zero-order valence-corrected chi connectivity index (χ0v) is 12.3. The van der Waals surface area contributed by atoms with Crippen LogP contribution in [-0.2, 0) is 10.0 Å². The van der Waals surface area contributed by atoms with Gasteiger partial charge in [-0.2, -0.15) is 0 Å². The standard InChI is InChI=1S/C9H12BrFN2O2S.ClH/c1-12-5-6-13-16(14,15)8-4-2-3-7(10)9(8)11;/h2-4,12-13H,5-6H2,1H3;1H. The summed E-state index contributed by atoms with van der Waals surface area (Å²) in [5, 5.41) is 2.79. The lowest BCUT2D eigenvalue weighted by molar-refractivity contribution is 0.553. The minimum absolute atomic E-state index is 0. The molecule has 0 aromatic heterocycles. The van der Waals surface area contributed by atoms with Gasteiger partial charge in [-0.05, 0) is 35.1 Å². The fourth-order valence-corrected chi connectivity index (χ4v) is 2.71. The van der Waals surface area contributed by atoms with Gasteiger partial charge in [-0.1, -0.05) is 6.07 Å². The maximum atomic E-state index is 13.5. The van der Waals surface area contributed by atoms with Gasteiger partial charge in [-0.25, -0.2) is 17.5 Å². The SMILES string of the molecule is CNCCNS(=O)(=O)c1cccc(Br)c1F.Cl. The molecule has 0 spiro atoms. The van der Waals surface area contributed by atoms with Crippen molar-refractivity contribution in [3.8, 4) is 0 Å². The number of hydrogen-bond acceptors (Lipinski definition) is 3. The molecule has 2 N–H and O–H groups in total. The van der Waals surface area contributed by atoms with E-state index in [1.807, 2.05) is 0 Å². The Kier molecular flexibility index (Phi) is 7.18. The van der Waals surface area contributed by atoms with E-state index in [0.29, 0.717) is 6.54 Å². The molecule has 8 heteroatoms. The normalized spacial score (nSPS) is 11.0. The van der Waals surface area contributed by atoms with Gasteiger partial charge >= 0.3 is 0 Å². The summed E-state index contributed by atoms with van der Waals surface area (Å²) in [4.78, 5) is -0.349. The summed E-state index contributed by atoms with van der Waals surface area (Å²) in [5.74, 6) is -0.778. The lowest BCUT2D eigenvalue weighted by Gasteiger charge is -2.07. The van der Waals surface area contributed by atoms with Gasteiger partial charge in [0.15, 0.2) is 5.82 Å². The van der Waals surface area contributed by atoms with Crippen molar-refractivity contribution >= 4 is 38.4 Å². The average molecular weight is 348 g/mol. The predicted octanol–water partition coefficient (Wildman–Crippen LogP) is 1.51. The molecular formula is C9H13BrClFN2O2S. The molecule has 1 aromatic rings. The molecule has 0 fully saturated rings. The molecule has 0 radical (unpaired) electrons. The Bertz CT molecular complexity index is 470. The van der Waals surface area contributed by atoms with E-state index in [1.54, 1.807) is 7.05 Å². The number of halogens is 3. The van der Waals surface area contributed by atoms with E-state index in [0.717, 1.165) is 0 Å². The monoisotopic (exact) mass is 346 g/mol. The Balaban J connectivity index is 0.00000256. The quantitative estimate of drug-likeness (QED) is 0.794. The van der Waals surface area contributed by atoms with Crippen LogP contribution in [-0.4, -0.2) is 28.6 Å². The maximum Gasteiger partial charge on any atom is 0.243 e. The fourth-order valence-electron chi connectivity index (χ4n) is 1.08. The summed E-state index contributed by atoms with van der Waals surface area (Å²) < 4.78 is 39.3. The van der Waals surface area contributed by atoms with Crippen LogP contribution in [0.3, 0.4) is 0 Å². The molecule has 0 saturated carbocycles. The van der Waals surface area contributed by atoms with Crippen molar-refractivity contribution in [3.05, 3.63) is 28.5 Å². The van der Waals surface area contributed by atoms with E-state index in [1.165, 1.54) is 18.2 Å². The molecule has 0 atom stereocenters. The molecule has 0 amide bonds. The second-order valence-corrected chi connectivity index (χ2v) is 5.64. The molecule has 0 bridgehead atoms. The third-order valence-corrected chi connectivity index (χ3v) is 3.96. The minimum atomic E-state index is -3.78. The highest BCUT2D eigenvalue weighted by atomic mass is 79.9. The van der Waals surface area contributed by atoms with Crippen molar-refractivity contribution in [2.24, 2.45) is 0 Å². The number of rotatable bonds is 5. The third-order valence-electron chi connectivity index (χ3n) is 1.87. The summed E-state index contributed by atoms with van der Waals surface area (Å²) in [7, 11) is -2.08. The Morgan fingerprint density at radius 3 is 2.59 bits per heavy atom. The van der Waals surface area contributed by atoms with Gasteiger partial charge in [0, 0.05) is 13.1 Å². The van der Waals surface area contributed by atoms with E-state index in [4.69, 9.17) is 0 Å². The van der Waals surface area contributed by atoms with E-state index in [-0.39, 0.29) is 28.3 Å². The molecular weight excluding hydrogens is 335 g/mol. The lowest BCUT2D eigenvalue weighted by Crippen LogP contribution is -2.31. The highest BCUT2D eigenvalue weighted by molar-refractivity contribution is 9.10. The van der Waals surface area contributed by atoms with E-state index in [9.17, 15) is 12.8 Å². The first-order valence-electron chi connectivity index (χ1n) is 4.57. The van der Waals surface area contributed by atoms with Crippen LogP contribution < -0.4 is 10.0 Å². The van der Waals surface area contributed by atoms with Crippen LogP contribution in [0.25, 0.3) is 0 Å². The molecule has 17 heavy (non-hydrogen) atoms. The van der Waals surface area contributed by atoms with E-state index < -0.39 is 15.8 Å².